The van der Waals surface area contributed by atoms with Gasteiger partial charge in [-0.3, -0.25) is 4.79 Å². The number of hydrogen-bond acceptors (Lipinski definition) is 3. The predicted octanol–water partition coefficient (Wildman–Crippen LogP) is 2.78. The number of rotatable bonds is 4. The van der Waals surface area contributed by atoms with Crippen LogP contribution in [0.2, 0.25) is 0 Å². The molecule has 0 bridgehead atoms. The molecule has 3 nitrogen and oxygen atoms in total. The van der Waals surface area contributed by atoms with Gasteiger partial charge in [-0.1, -0.05) is 6.07 Å². The van der Waals surface area contributed by atoms with Gasteiger partial charge in [0.15, 0.2) is 0 Å². The fourth-order valence-electron chi connectivity index (χ4n) is 1.71. The number of likely N-dealkylation sites (N-methyl/N-ethyl adjacent to an activating group) is 1. The highest BCUT2D eigenvalue weighted by atomic mass is 32.1. The summed E-state index contributed by atoms with van der Waals surface area (Å²) in [5.74, 6) is -0.757. The third kappa shape index (κ3) is 3.32. The third-order valence-corrected chi connectivity index (χ3v) is 3.80. The van der Waals surface area contributed by atoms with Crippen molar-refractivity contribution >= 4 is 22.9 Å². The molecule has 1 amide bonds. The summed E-state index contributed by atoms with van der Waals surface area (Å²) in [6.45, 7) is 0.603. The molecular formula is C14H15FN2OS. The SMILES string of the molecule is CN(CCc1cccs1)C(=O)c1ccc(N)c(F)c1. The van der Waals surface area contributed by atoms with E-state index in [1.807, 2.05) is 17.5 Å². The second-order valence-corrected chi connectivity index (χ2v) is 5.32. The van der Waals surface area contributed by atoms with Gasteiger partial charge in [0.25, 0.3) is 5.91 Å². The smallest absolute Gasteiger partial charge is 0.253 e. The zero-order valence-electron chi connectivity index (χ0n) is 10.6. The molecule has 2 N–H and O–H groups in total. The lowest BCUT2D eigenvalue weighted by Crippen LogP contribution is -2.28. The Morgan fingerprint density at radius 2 is 2.21 bits per heavy atom. The van der Waals surface area contributed by atoms with Gasteiger partial charge in [0, 0.05) is 24.0 Å². The first-order valence-corrected chi connectivity index (χ1v) is 6.79. The number of hydrogen-bond donors (Lipinski definition) is 1. The molecule has 2 aromatic rings. The van der Waals surface area contributed by atoms with Gasteiger partial charge in [0.2, 0.25) is 0 Å². The Morgan fingerprint density at radius 3 is 2.84 bits per heavy atom. The van der Waals surface area contributed by atoms with Gasteiger partial charge in [-0.05, 0) is 36.1 Å². The van der Waals surface area contributed by atoms with E-state index in [2.05, 4.69) is 0 Å². The lowest BCUT2D eigenvalue weighted by atomic mass is 10.1. The summed E-state index contributed by atoms with van der Waals surface area (Å²) < 4.78 is 13.3. The molecule has 0 aliphatic heterocycles. The lowest BCUT2D eigenvalue weighted by molar-refractivity contribution is 0.0796. The molecule has 1 aromatic heterocycles. The van der Waals surface area contributed by atoms with E-state index in [-0.39, 0.29) is 11.6 Å². The average molecular weight is 278 g/mol. The maximum atomic E-state index is 13.3. The minimum Gasteiger partial charge on any atom is -0.396 e. The fraction of sp³-hybridized carbons (Fsp3) is 0.214. The Kier molecular flexibility index (Phi) is 4.16. The number of carbonyl (C=O) groups is 1. The van der Waals surface area contributed by atoms with Crippen molar-refractivity contribution < 1.29 is 9.18 Å². The van der Waals surface area contributed by atoms with E-state index in [0.29, 0.717) is 12.1 Å². The van der Waals surface area contributed by atoms with Crippen LogP contribution in [0.5, 0.6) is 0 Å². The summed E-state index contributed by atoms with van der Waals surface area (Å²) in [6, 6.07) is 8.15. The van der Waals surface area contributed by atoms with Crippen LogP contribution in [0.15, 0.2) is 35.7 Å². The van der Waals surface area contributed by atoms with Crippen LogP contribution in [0, 0.1) is 5.82 Å². The van der Waals surface area contributed by atoms with Crippen molar-refractivity contribution in [2.45, 2.75) is 6.42 Å². The van der Waals surface area contributed by atoms with Gasteiger partial charge >= 0.3 is 0 Å². The number of carbonyl (C=O) groups excluding carboxylic acids is 1. The molecule has 1 heterocycles. The number of benzene rings is 1. The molecule has 0 aliphatic carbocycles. The maximum absolute atomic E-state index is 13.3. The van der Waals surface area contributed by atoms with Crippen LogP contribution < -0.4 is 5.73 Å². The number of thiophene rings is 1. The van der Waals surface area contributed by atoms with Gasteiger partial charge < -0.3 is 10.6 Å². The zero-order valence-corrected chi connectivity index (χ0v) is 11.4. The molecule has 1 aromatic carbocycles. The summed E-state index contributed by atoms with van der Waals surface area (Å²) in [6.07, 6.45) is 0.803. The van der Waals surface area contributed by atoms with Crippen LogP contribution in [-0.4, -0.2) is 24.4 Å². The highest BCUT2D eigenvalue weighted by molar-refractivity contribution is 7.09. The van der Waals surface area contributed by atoms with Gasteiger partial charge in [-0.15, -0.1) is 11.3 Å². The van der Waals surface area contributed by atoms with Gasteiger partial charge in [-0.25, -0.2) is 4.39 Å². The number of amides is 1. The second kappa shape index (κ2) is 5.84. The van der Waals surface area contributed by atoms with Crippen LogP contribution in [0.3, 0.4) is 0 Å². The van der Waals surface area contributed by atoms with Crippen molar-refractivity contribution in [3.05, 3.63) is 52.0 Å². The number of nitrogens with zero attached hydrogens (tertiary/aromatic N) is 1. The molecule has 0 spiro atoms. The first-order chi connectivity index (χ1) is 9.08. The molecule has 0 saturated heterocycles. The summed E-state index contributed by atoms with van der Waals surface area (Å²) in [7, 11) is 1.71. The minimum atomic E-state index is -0.558. The second-order valence-electron chi connectivity index (χ2n) is 4.29. The van der Waals surface area contributed by atoms with Crippen molar-refractivity contribution in [2.24, 2.45) is 0 Å². The quantitative estimate of drug-likeness (QED) is 0.874. The fourth-order valence-corrected chi connectivity index (χ4v) is 2.41. The molecular weight excluding hydrogens is 263 g/mol. The van der Waals surface area contributed by atoms with Crippen LogP contribution in [0.4, 0.5) is 10.1 Å². The standard InChI is InChI=1S/C14H15FN2OS/c1-17(7-6-11-3-2-8-19-11)14(18)10-4-5-13(16)12(15)9-10/h2-5,8-9H,6-7,16H2,1H3. The number of halogens is 1. The Bertz CT molecular complexity index is 569. The normalized spacial score (nSPS) is 10.4. The molecule has 0 unspecified atom stereocenters. The van der Waals surface area contributed by atoms with E-state index in [9.17, 15) is 9.18 Å². The Labute approximate surface area is 115 Å². The van der Waals surface area contributed by atoms with E-state index in [1.165, 1.54) is 17.0 Å². The Morgan fingerprint density at radius 1 is 1.42 bits per heavy atom. The molecule has 0 fully saturated rings. The minimum absolute atomic E-state index is 0.0535. The zero-order chi connectivity index (χ0) is 13.8. The van der Waals surface area contributed by atoms with E-state index >= 15 is 0 Å². The molecule has 100 valence electrons. The largest absolute Gasteiger partial charge is 0.396 e. The number of nitrogen functional groups attached to an aromatic ring is 1. The van der Waals surface area contributed by atoms with Crippen molar-refractivity contribution in [3.63, 3.8) is 0 Å². The predicted molar refractivity (Wildman–Crippen MR) is 75.8 cm³/mol. The number of nitrogens with two attached hydrogens (primary N) is 1. The highest BCUT2D eigenvalue weighted by Crippen LogP contribution is 2.14. The molecule has 5 heteroatoms. The van der Waals surface area contributed by atoms with Crippen molar-refractivity contribution in [1.29, 1.82) is 0 Å². The van der Waals surface area contributed by atoms with Crippen molar-refractivity contribution in [3.8, 4) is 0 Å². The van der Waals surface area contributed by atoms with Crippen molar-refractivity contribution in [1.82, 2.24) is 4.90 Å². The Hall–Kier alpha value is -1.88. The molecule has 0 saturated carbocycles. The van der Waals surface area contributed by atoms with Crippen LogP contribution in [0.25, 0.3) is 0 Å². The molecule has 2 rings (SSSR count). The highest BCUT2D eigenvalue weighted by Gasteiger charge is 2.13. The molecule has 0 atom stereocenters. The van der Waals surface area contributed by atoms with Crippen LogP contribution >= 0.6 is 11.3 Å². The molecule has 0 aliphatic rings. The van der Waals surface area contributed by atoms with Crippen molar-refractivity contribution in [2.75, 3.05) is 19.3 Å². The first kappa shape index (κ1) is 13.5. The maximum Gasteiger partial charge on any atom is 0.253 e. The van der Waals surface area contributed by atoms with Crippen LogP contribution in [-0.2, 0) is 6.42 Å². The first-order valence-electron chi connectivity index (χ1n) is 5.91. The van der Waals surface area contributed by atoms with Gasteiger partial charge in [-0.2, -0.15) is 0 Å². The molecule has 19 heavy (non-hydrogen) atoms. The van der Waals surface area contributed by atoms with Crippen LogP contribution in [0.1, 0.15) is 15.2 Å². The van der Waals surface area contributed by atoms with E-state index in [0.717, 1.165) is 6.42 Å². The average Bonchev–Trinajstić information content (AvgIpc) is 2.91. The lowest BCUT2D eigenvalue weighted by Gasteiger charge is -2.17. The number of anilines is 1. The topological polar surface area (TPSA) is 46.3 Å². The third-order valence-electron chi connectivity index (χ3n) is 2.87. The summed E-state index contributed by atoms with van der Waals surface area (Å²) in [4.78, 5) is 14.9. The van der Waals surface area contributed by atoms with E-state index in [4.69, 9.17) is 5.73 Å². The summed E-state index contributed by atoms with van der Waals surface area (Å²) >= 11 is 1.66. The van der Waals surface area contributed by atoms with Gasteiger partial charge in [0.1, 0.15) is 5.82 Å². The van der Waals surface area contributed by atoms with Gasteiger partial charge in [0.05, 0.1) is 5.69 Å². The Balaban J connectivity index is 2.00. The monoisotopic (exact) mass is 278 g/mol. The molecule has 0 radical (unpaired) electrons. The summed E-state index contributed by atoms with van der Waals surface area (Å²) in [5.41, 5.74) is 5.76. The summed E-state index contributed by atoms with van der Waals surface area (Å²) in [5, 5.41) is 2.01. The van der Waals surface area contributed by atoms with E-state index in [1.54, 1.807) is 29.4 Å². The van der Waals surface area contributed by atoms with E-state index < -0.39 is 5.82 Å².